The molecule has 2 aliphatic rings. The van der Waals surface area contributed by atoms with Crippen LogP contribution < -0.4 is 0 Å². The van der Waals surface area contributed by atoms with Crippen LogP contribution >= 0.6 is 0 Å². The molecule has 0 unspecified atom stereocenters. The zero-order chi connectivity index (χ0) is 15.2. The number of likely N-dealkylation sites (tertiary alicyclic amines) is 1. The van der Waals surface area contributed by atoms with E-state index in [1.807, 2.05) is 0 Å². The van der Waals surface area contributed by atoms with Crippen LogP contribution in [-0.4, -0.2) is 92.4 Å². The summed E-state index contributed by atoms with van der Waals surface area (Å²) in [6.07, 6.45) is 4.67. The van der Waals surface area contributed by atoms with Crippen molar-refractivity contribution in [1.82, 2.24) is 19.4 Å². The van der Waals surface area contributed by atoms with E-state index in [-0.39, 0.29) is 42.0 Å². The number of carbonyl (C=O) groups excluding carboxylic acids is 2. The molecule has 2 saturated heterocycles. The summed E-state index contributed by atoms with van der Waals surface area (Å²) >= 11 is 0. The molecule has 0 bridgehead atoms. The second-order valence-corrected chi connectivity index (χ2v) is 6.08. The average Bonchev–Trinajstić information content (AvgIpc) is 3.00. The summed E-state index contributed by atoms with van der Waals surface area (Å²) < 4.78 is 31.5. The van der Waals surface area contributed by atoms with E-state index in [2.05, 4.69) is 10.2 Å². The molecule has 0 spiro atoms. The number of H-pyrrole nitrogens is 1. The number of carbonyl (C=O) groups is 2. The second-order valence-electron chi connectivity index (χ2n) is 4.79. The van der Waals surface area contributed by atoms with Gasteiger partial charge in [0, 0.05) is 48.4 Å². The third-order valence-electron chi connectivity index (χ3n) is 3.60. The molecule has 3 heterocycles. The summed E-state index contributed by atoms with van der Waals surface area (Å²) in [5.74, 6) is -1.16. The molecule has 1 aromatic rings. The first-order chi connectivity index (χ1) is 9.89. The maximum Gasteiger partial charge on any atom is 0.362 e. The smallest absolute Gasteiger partial charge is 0.325 e. The number of amides is 2. The van der Waals surface area contributed by atoms with Crippen molar-refractivity contribution in [3.8, 4) is 0 Å². The average molecular weight is 335 g/mol. The van der Waals surface area contributed by atoms with Crippen LogP contribution in [0.2, 0.25) is 0 Å². The van der Waals surface area contributed by atoms with Crippen molar-refractivity contribution in [2.45, 2.75) is 18.5 Å². The molecular weight excluding hydrogens is 323 g/mol. The molecule has 9 nitrogen and oxygen atoms in total. The predicted octanol–water partition coefficient (Wildman–Crippen LogP) is -1.34. The van der Waals surface area contributed by atoms with Crippen LogP contribution in [0.1, 0.15) is 12.1 Å². The Morgan fingerprint density at radius 2 is 2.23 bits per heavy atom. The first-order valence-electron chi connectivity index (χ1n) is 6.18. The summed E-state index contributed by atoms with van der Waals surface area (Å²) in [5, 5.41) is 6.39. The fourth-order valence-corrected chi connectivity index (χ4v) is 3.58. The van der Waals surface area contributed by atoms with Crippen LogP contribution in [0.5, 0.6) is 0 Å². The molecule has 1 radical (unpaired) electrons. The first-order valence-corrected chi connectivity index (χ1v) is 7.58. The molecular formula is C11H12N4NaO5S. The van der Waals surface area contributed by atoms with Crippen LogP contribution in [0.15, 0.2) is 18.3 Å². The Bertz CT molecular complexity index is 717. The van der Waals surface area contributed by atoms with E-state index in [1.54, 1.807) is 6.07 Å². The Hall–Kier alpha value is -1.20. The van der Waals surface area contributed by atoms with Crippen LogP contribution in [-0.2, 0) is 19.9 Å². The van der Waals surface area contributed by atoms with E-state index in [0.29, 0.717) is 16.4 Å². The van der Waals surface area contributed by atoms with Gasteiger partial charge in [-0.05, 0) is 18.6 Å². The normalized spacial score (nSPS) is 24.1. The maximum absolute atomic E-state index is 12.1. The molecule has 22 heavy (non-hydrogen) atoms. The van der Waals surface area contributed by atoms with Gasteiger partial charge in [-0.2, -0.15) is 13.5 Å². The Morgan fingerprint density at radius 3 is 2.82 bits per heavy atom. The molecule has 0 aliphatic carbocycles. The molecule has 0 saturated carbocycles. The number of nitrogens with zero attached hydrogens (tertiary/aromatic N) is 3. The number of aromatic amines is 1. The van der Waals surface area contributed by atoms with E-state index in [0.717, 1.165) is 0 Å². The van der Waals surface area contributed by atoms with Crippen molar-refractivity contribution in [3.05, 3.63) is 24.0 Å². The number of aromatic nitrogens is 2. The molecule has 11 heteroatoms. The SMILES string of the molecule is O=C(C=Cc1ccn[nH]1)N1CC[C@@H]2[C@H]1C(=O)N2S(=O)(=O)O.[Na]. The van der Waals surface area contributed by atoms with E-state index >= 15 is 0 Å². The van der Waals surface area contributed by atoms with Crippen molar-refractivity contribution in [1.29, 1.82) is 0 Å². The minimum absolute atomic E-state index is 0. The Labute approximate surface area is 148 Å². The van der Waals surface area contributed by atoms with Gasteiger partial charge in [-0.1, -0.05) is 0 Å². The predicted molar refractivity (Wildman–Crippen MR) is 75.7 cm³/mol. The minimum Gasteiger partial charge on any atom is -0.325 e. The zero-order valence-electron chi connectivity index (χ0n) is 11.7. The number of rotatable bonds is 3. The molecule has 2 fully saturated rings. The van der Waals surface area contributed by atoms with Gasteiger partial charge in [0.25, 0.3) is 5.91 Å². The van der Waals surface area contributed by atoms with Crippen molar-refractivity contribution >= 4 is 57.8 Å². The number of hydrogen-bond acceptors (Lipinski definition) is 5. The minimum atomic E-state index is -4.55. The van der Waals surface area contributed by atoms with Gasteiger partial charge < -0.3 is 4.90 Å². The largest absolute Gasteiger partial charge is 0.362 e. The second kappa shape index (κ2) is 6.13. The van der Waals surface area contributed by atoms with Gasteiger partial charge in [0.05, 0.1) is 11.7 Å². The van der Waals surface area contributed by atoms with Crippen molar-refractivity contribution < 1.29 is 22.6 Å². The van der Waals surface area contributed by atoms with E-state index < -0.39 is 28.3 Å². The third kappa shape index (κ3) is 2.84. The van der Waals surface area contributed by atoms with Crippen molar-refractivity contribution in [2.75, 3.05) is 6.54 Å². The van der Waals surface area contributed by atoms with Crippen molar-refractivity contribution in [3.63, 3.8) is 0 Å². The fourth-order valence-electron chi connectivity index (χ4n) is 2.68. The molecule has 2 amide bonds. The number of nitrogens with one attached hydrogen (secondary N) is 1. The fraction of sp³-hybridized carbons (Fsp3) is 0.364. The van der Waals surface area contributed by atoms with Gasteiger partial charge in [-0.15, -0.1) is 0 Å². The standard InChI is InChI=1S/C11H12N4O5S.Na/c16-9(2-1-7-3-5-12-13-7)14-6-4-8-10(14)11(17)15(8)21(18,19)20;/h1-3,5,8,10H,4,6H2,(H,12,13)(H,18,19,20);/t8-,10+;/m1./s1. The molecule has 0 aromatic carbocycles. The van der Waals surface area contributed by atoms with E-state index in [4.69, 9.17) is 4.55 Å². The van der Waals surface area contributed by atoms with Crippen LogP contribution in [0, 0.1) is 0 Å². The van der Waals surface area contributed by atoms with Gasteiger partial charge in [-0.25, -0.2) is 4.31 Å². The van der Waals surface area contributed by atoms with Gasteiger partial charge in [0.2, 0.25) is 5.91 Å². The summed E-state index contributed by atoms with van der Waals surface area (Å²) in [5.41, 5.74) is 0.638. The molecule has 1 aromatic heterocycles. The molecule has 2 aliphatic heterocycles. The summed E-state index contributed by atoms with van der Waals surface area (Å²) in [4.78, 5) is 25.2. The monoisotopic (exact) mass is 335 g/mol. The Morgan fingerprint density at radius 1 is 1.50 bits per heavy atom. The van der Waals surface area contributed by atoms with Gasteiger partial charge in [0.15, 0.2) is 0 Å². The Kier molecular flexibility index (Phi) is 4.78. The van der Waals surface area contributed by atoms with Crippen LogP contribution in [0.3, 0.4) is 0 Å². The van der Waals surface area contributed by atoms with E-state index in [1.165, 1.54) is 23.2 Å². The number of fused-ring (bicyclic) bond motifs is 1. The van der Waals surface area contributed by atoms with E-state index in [9.17, 15) is 18.0 Å². The Balaban J connectivity index is 0.00000176. The maximum atomic E-state index is 12.1. The third-order valence-corrected chi connectivity index (χ3v) is 4.54. The molecule has 2 atom stereocenters. The number of hydrogen-bond donors (Lipinski definition) is 2. The van der Waals surface area contributed by atoms with Crippen LogP contribution in [0.25, 0.3) is 6.08 Å². The van der Waals surface area contributed by atoms with Gasteiger partial charge >= 0.3 is 10.3 Å². The van der Waals surface area contributed by atoms with Gasteiger partial charge in [0.1, 0.15) is 6.04 Å². The first kappa shape index (κ1) is 17.2. The quantitative estimate of drug-likeness (QED) is 0.305. The van der Waals surface area contributed by atoms with Crippen LogP contribution in [0.4, 0.5) is 0 Å². The topological polar surface area (TPSA) is 124 Å². The van der Waals surface area contributed by atoms with Crippen molar-refractivity contribution in [2.24, 2.45) is 0 Å². The molecule has 3 rings (SSSR count). The number of β-lactam (4-membered cyclic amide) rings is 1. The summed E-state index contributed by atoms with van der Waals surface area (Å²) in [6.45, 7) is 0.263. The summed E-state index contributed by atoms with van der Waals surface area (Å²) in [7, 11) is -4.55. The molecule has 113 valence electrons. The summed E-state index contributed by atoms with van der Waals surface area (Å²) in [6, 6.07) is 0.188. The zero-order valence-corrected chi connectivity index (χ0v) is 14.5. The van der Waals surface area contributed by atoms with Gasteiger partial charge in [-0.3, -0.25) is 19.2 Å². The molecule has 2 N–H and O–H groups in total.